The van der Waals surface area contributed by atoms with E-state index in [9.17, 15) is 14.4 Å². The van der Waals surface area contributed by atoms with Gasteiger partial charge < -0.3 is 20.1 Å². The van der Waals surface area contributed by atoms with Crippen LogP contribution in [0.4, 0.5) is 4.79 Å². The molecule has 2 aliphatic rings. The number of benzene rings is 2. The maximum atomic E-state index is 12.8. The molecule has 2 amide bonds. The van der Waals surface area contributed by atoms with Crippen LogP contribution in [0.3, 0.4) is 0 Å². The van der Waals surface area contributed by atoms with Crippen molar-refractivity contribution in [2.24, 2.45) is 0 Å². The number of hydrogen-bond acceptors (Lipinski definition) is 4. The predicted molar refractivity (Wildman–Crippen MR) is 124 cm³/mol. The van der Waals surface area contributed by atoms with Crippen LogP contribution < -0.4 is 5.32 Å². The Morgan fingerprint density at radius 1 is 1.06 bits per heavy atom. The number of aliphatic carboxylic acids is 1. The zero-order valence-corrected chi connectivity index (χ0v) is 18.9. The summed E-state index contributed by atoms with van der Waals surface area (Å²) in [5, 5.41) is 12.0. The minimum atomic E-state index is -1.04. The summed E-state index contributed by atoms with van der Waals surface area (Å²) in [7, 11) is 0. The van der Waals surface area contributed by atoms with Crippen molar-refractivity contribution < 1.29 is 24.2 Å². The van der Waals surface area contributed by atoms with E-state index in [-0.39, 0.29) is 31.4 Å². The van der Waals surface area contributed by atoms with Gasteiger partial charge in [-0.1, -0.05) is 55.5 Å². The van der Waals surface area contributed by atoms with Gasteiger partial charge in [-0.05, 0) is 47.9 Å². The number of rotatable bonds is 9. The summed E-state index contributed by atoms with van der Waals surface area (Å²) in [4.78, 5) is 38.0. The summed E-state index contributed by atoms with van der Waals surface area (Å²) in [5.41, 5.74) is 3.95. The fraction of sp³-hybridized carbons (Fsp3) is 0.423. The zero-order valence-electron chi connectivity index (χ0n) is 18.9. The highest BCUT2D eigenvalue weighted by Gasteiger charge is 2.42. The van der Waals surface area contributed by atoms with Gasteiger partial charge in [0.15, 0.2) is 0 Å². The first kappa shape index (κ1) is 22.8. The lowest BCUT2D eigenvalue weighted by Gasteiger charge is -2.42. The molecule has 33 heavy (non-hydrogen) atoms. The Bertz CT molecular complexity index is 1000. The van der Waals surface area contributed by atoms with Gasteiger partial charge in [0.2, 0.25) is 5.91 Å². The number of alkyl carbamates (subject to hydrolysis) is 1. The van der Waals surface area contributed by atoms with Crippen LogP contribution in [-0.4, -0.2) is 53.2 Å². The summed E-state index contributed by atoms with van der Waals surface area (Å²) in [5.74, 6) is -1.32. The Labute approximate surface area is 193 Å². The van der Waals surface area contributed by atoms with E-state index >= 15 is 0 Å². The molecule has 0 aliphatic heterocycles. The van der Waals surface area contributed by atoms with Crippen LogP contribution in [-0.2, 0) is 14.3 Å². The van der Waals surface area contributed by atoms with Crippen molar-refractivity contribution in [3.8, 4) is 11.1 Å². The highest BCUT2D eigenvalue weighted by Crippen LogP contribution is 2.44. The van der Waals surface area contributed by atoms with Crippen LogP contribution in [0.5, 0.6) is 0 Å². The fourth-order valence-electron chi connectivity index (χ4n) is 4.93. The Morgan fingerprint density at radius 2 is 1.67 bits per heavy atom. The Balaban J connectivity index is 1.39. The quantitative estimate of drug-likeness (QED) is 0.598. The van der Waals surface area contributed by atoms with Crippen LogP contribution in [0.1, 0.15) is 56.1 Å². The number of fused-ring (bicyclic) bond motifs is 3. The molecule has 0 saturated heterocycles. The summed E-state index contributed by atoms with van der Waals surface area (Å²) in [6.07, 6.45) is 2.48. The van der Waals surface area contributed by atoms with Crippen molar-refractivity contribution in [2.45, 2.75) is 50.5 Å². The molecule has 0 aromatic heterocycles. The van der Waals surface area contributed by atoms with Crippen LogP contribution in [0.25, 0.3) is 11.1 Å². The number of nitrogens with one attached hydrogen (secondary N) is 1. The summed E-state index contributed by atoms with van der Waals surface area (Å²) >= 11 is 0. The normalized spacial score (nSPS) is 15.7. The van der Waals surface area contributed by atoms with Gasteiger partial charge in [-0.2, -0.15) is 0 Å². The largest absolute Gasteiger partial charge is 0.480 e. The van der Waals surface area contributed by atoms with E-state index < -0.39 is 17.6 Å². The first-order valence-corrected chi connectivity index (χ1v) is 11.6. The number of nitrogens with zero attached hydrogens (tertiary/aromatic N) is 1. The summed E-state index contributed by atoms with van der Waals surface area (Å²) in [6, 6.07) is 16.3. The smallest absolute Gasteiger partial charge is 0.407 e. The van der Waals surface area contributed by atoms with Crippen molar-refractivity contribution >= 4 is 18.0 Å². The van der Waals surface area contributed by atoms with Crippen molar-refractivity contribution in [3.05, 3.63) is 59.7 Å². The number of hydrogen-bond donors (Lipinski definition) is 2. The number of carbonyl (C=O) groups is 3. The van der Waals surface area contributed by atoms with Gasteiger partial charge in [0.05, 0.1) is 12.0 Å². The van der Waals surface area contributed by atoms with E-state index in [2.05, 4.69) is 29.6 Å². The Hall–Kier alpha value is -3.35. The van der Waals surface area contributed by atoms with Crippen LogP contribution in [0.2, 0.25) is 0 Å². The standard InChI is InChI=1S/C26H30N2O5/c1-2-14-28(16-24(30)31)23(29)15-26(12-7-13-26)27-25(32)33-17-22-20-10-5-3-8-18(20)19-9-4-6-11-21(19)22/h3-6,8-11,22H,2,7,12-17H2,1H3,(H,27,32)(H,30,31). The first-order chi connectivity index (χ1) is 15.9. The monoisotopic (exact) mass is 450 g/mol. The molecule has 0 spiro atoms. The third kappa shape index (κ3) is 4.87. The number of ether oxygens (including phenoxy) is 1. The second-order valence-electron chi connectivity index (χ2n) is 8.97. The van der Waals surface area contributed by atoms with Crippen LogP contribution >= 0.6 is 0 Å². The molecule has 0 radical (unpaired) electrons. The molecule has 174 valence electrons. The molecule has 0 heterocycles. The molecule has 1 saturated carbocycles. The van der Waals surface area contributed by atoms with Gasteiger partial charge in [0.1, 0.15) is 13.2 Å². The lowest BCUT2D eigenvalue weighted by atomic mass is 9.74. The van der Waals surface area contributed by atoms with Gasteiger partial charge in [-0.25, -0.2) is 4.79 Å². The molecule has 2 aromatic rings. The van der Waals surface area contributed by atoms with Crippen LogP contribution in [0.15, 0.2) is 48.5 Å². The Morgan fingerprint density at radius 3 is 2.18 bits per heavy atom. The molecule has 2 N–H and O–H groups in total. The van der Waals surface area contributed by atoms with Crippen molar-refractivity contribution in [2.75, 3.05) is 19.7 Å². The predicted octanol–water partition coefficient (Wildman–Crippen LogP) is 4.16. The molecule has 2 aliphatic carbocycles. The topological polar surface area (TPSA) is 95.9 Å². The van der Waals surface area contributed by atoms with E-state index in [4.69, 9.17) is 9.84 Å². The van der Waals surface area contributed by atoms with E-state index in [1.165, 1.54) is 4.90 Å². The van der Waals surface area contributed by atoms with E-state index in [1.807, 2.05) is 31.2 Å². The zero-order chi connectivity index (χ0) is 23.4. The fourth-order valence-corrected chi connectivity index (χ4v) is 4.93. The molecule has 0 unspecified atom stereocenters. The van der Waals surface area contributed by atoms with Gasteiger partial charge >= 0.3 is 12.1 Å². The third-order valence-electron chi connectivity index (χ3n) is 6.68. The van der Waals surface area contributed by atoms with Gasteiger partial charge in [0.25, 0.3) is 0 Å². The maximum Gasteiger partial charge on any atom is 0.407 e. The number of carboxylic acids is 1. The highest BCUT2D eigenvalue weighted by atomic mass is 16.5. The summed E-state index contributed by atoms with van der Waals surface area (Å²) < 4.78 is 5.66. The van der Waals surface area contributed by atoms with Crippen LogP contribution in [0, 0.1) is 0 Å². The van der Waals surface area contributed by atoms with Crippen molar-refractivity contribution in [1.82, 2.24) is 10.2 Å². The lowest BCUT2D eigenvalue weighted by molar-refractivity contribution is -0.145. The number of carbonyl (C=O) groups excluding carboxylic acids is 2. The van der Waals surface area contributed by atoms with Gasteiger partial charge in [0, 0.05) is 12.5 Å². The second-order valence-corrected chi connectivity index (χ2v) is 8.97. The van der Waals surface area contributed by atoms with E-state index in [1.54, 1.807) is 0 Å². The highest BCUT2D eigenvalue weighted by molar-refractivity contribution is 5.83. The third-order valence-corrected chi connectivity index (χ3v) is 6.68. The lowest BCUT2D eigenvalue weighted by Crippen LogP contribution is -2.56. The first-order valence-electron chi connectivity index (χ1n) is 11.6. The molecular weight excluding hydrogens is 420 g/mol. The molecule has 0 atom stereocenters. The van der Waals surface area contributed by atoms with Gasteiger partial charge in [-0.15, -0.1) is 0 Å². The molecule has 0 bridgehead atoms. The molecule has 4 rings (SSSR count). The minimum Gasteiger partial charge on any atom is -0.480 e. The molecule has 1 fully saturated rings. The molecule has 7 nitrogen and oxygen atoms in total. The summed E-state index contributed by atoms with van der Waals surface area (Å²) in [6.45, 7) is 2.17. The average molecular weight is 451 g/mol. The van der Waals surface area contributed by atoms with Gasteiger partial charge in [-0.3, -0.25) is 9.59 Å². The molecular formula is C26H30N2O5. The second kappa shape index (κ2) is 9.65. The van der Waals surface area contributed by atoms with Crippen molar-refractivity contribution in [1.29, 1.82) is 0 Å². The van der Waals surface area contributed by atoms with E-state index in [0.29, 0.717) is 25.8 Å². The average Bonchev–Trinajstić information content (AvgIpc) is 3.09. The van der Waals surface area contributed by atoms with E-state index in [0.717, 1.165) is 28.7 Å². The molecule has 7 heteroatoms. The number of amides is 2. The maximum absolute atomic E-state index is 12.8. The minimum absolute atomic E-state index is 0.0299. The molecule has 2 aromatic carbocycles. The van der Waals surface area contributed by atoms with Crippen molar-refractivity contribution in [3.63, 3.8) is 0 Å². The number of carboxylic acid groups (broad SMARTS) is 1. The Kier molecular flexibility index (Phi) is 6.67. The SMILES string of the molecule is CCCN(CC(=O)O)C(=O)CC1(NC(=O)OCC2c3ccccc3-c3ccccc32)CCC1.